The van der Waals surface area contributed by atoms with Crippen molar-refractivity contribution in [2.24, 2.45) is 0 Å². The van der Waals surface area contributed by atoms with Gasteiger partial charge < -0.3 is 14.8 Å². The number of rotatable bonds is 8. The van der Waals surface area contributed by atoms with Crippen molar-refractivity contribution in [1.82, 2.24) is 5.32 Å². The van der Waals surface area contributed by atoms with Crippen LogP contribution in [0.4, 0.5) is 5.69 Å². The number of nitrogens with one attached hydrogen (secondary N) is 1. The van der Waals surface area contributed by atoms with E-state index in [4.69, 9.17) is 9.47 Å². The maximum atomic E-state index is 13.3. The Balaban J connectivity index is 1.42. The summed E-state index contributed by atoms with van der Waals surface area (Å²) in [7, 11) is -3.74. The van der Waals surface area contributed by atoms with Crippen LogP contribution in [0.3, 0.4) is 0 Å². The zero-order valence-electron chi connectivity index (χ0n) is 19.2. The minimum absolute atomic E-state index is 0.101. The minimum atomic E-state index is -3.74. The Morgan fingerprint density at radius 2 is 1.71 bits per heavy atom. The number of sulfonamides is 1. The first kappa shape index (κ1) is 23.6. The van der Waals surface area contributed by atoms with Gasteiger partial charge in [0.05, 0.1) is 24.5 Å². The van der Waals surface area contributed by atoms with Gasteiger partial charge in [-0.15, -0.1) is 0 Å². The van der Waals surface area contributed by atoms with Crippen LogP contribution < -0.4 is 19.1 Å². The van der Waals surface area contributed by atoms with Gasteiger partial charge in [-0.2, -0.15) is 0 Å². The maximum Gasteiger partial charge on any atom is 0.263 e. The molecule has 1 aliphatic heterocycles. The quantitative estimate of drug-likeness (QED) is 0.498. The van der Waals surface area contributed by atoms with Crippen LogP contribution in [0.5, 0.6) is 11.5 Å². The van der Waals surface area contributed by atoms with E-state index in [0.29, 0.717) is 17.0 Å². The van der Waals surface area contributed by atoms with E-state index in [0.717, 1.165) is 16.9 Å². The normalized spacial score (nSPS) is 15.2. The number of benzene rings is 3. The number of nitrogens with zero attached hydrogens (tertiary/aromatic N) is 1. The predicted molar refractivity (Wildman–Crippen MR) is 132 cm³/mol. The molecule has 0 unspecified atom stereocenters. The predicted octanol–water partition coefficient (Wildman–Crippen LogP) is 3.60. The van der Waals surface area contributed by atoms with Crippen molar-refractivity contribution in [3.8, 4) is 11.5 Å². The Labute approximate surface area is 200 Å². The first-order valence-corrected chi connectivity index (χ1v) is 12.7. The number of carbonyl (C=O) groups excluding carboxylic acids is 1. The van der Waals surface area contributed by atoms with Crippen LogP contribution in [0.15, 0.2) is 72.8 Å². The summed E-state index contributed by atoms with van der Waals surface area (Å²) in [5, 5.41) is 2.79. The Kier molecular flexibility index (Phi) is 7.07. The molecule has 1 aliphatic rings. The summed E-state index contributed by atoms with van der Waals surface area (Å²) in [6.07, 6.45) is -0.971. The van der Waals surface area contributed by atoms with Crippen LogP contribution in [0.1, 0.15) is 16.7 Å². The molecule has 0 aliphatic carbocycles. The van der Waals surface area contributed by atoms with Crippen LogP contribution in [-0.4, -0.2) is 40.1 Å². The molecule has 0 bridgehead atoms. The van der Waals surface area contributed by atoms with Crippen LogP contribution in [-0.2, 0) is 20.6 Å². The molecule has 1 amide bonds. The Bertz CT molecular complexity index is 1240. The molecule has 34 heavy (non-hydrogen) atoms. The van der Waals surface area contributed by atoms with E-state index in [-0.39, 0.29) is 25.4 Å². The van der Waals surface area contributed by atoms with Gasteiger partial charge in [0, 0.05) is 0 Å². The van der Waals surface area contributed by atoms with E-state index in [1.807, 2.05) is 32.0 Å². The van der Waals surface area contributed by atoms with Crippen LogP contribution in [0.25, 0.3) is 0 Å². The third-order valence-electron chi connectivity index (χ3n) is 5.42. The van der Waals surface area contributed by atoms with Crippen molar-refractivity contribution < 1.29 is 22.7 Å². The van der Waals surface area contributed by atoms with Crippen molar-refractivity contribution in [3.05, 3.63) is 89.5 Å². The number of carbonyl (C=O) groups is 1. The summed E-state index contributed by atoms with van der Waals surface area (Å²) in [6.45, 7) is 4.45. The monoisotopic (exact) mass is 480 g/mol. The number of hydrogen-bond donors (Lipinski definition) is 1. The largest absolute Gasteiger partial charge is 0.492 e. The average Bonchev–Trinajstić information content (AvgIpc) is 2.80. The molecule has 0 saturated carbocycles. The summed E-state index contributed by atoms with van der Waals surface area (Å²) in [5.41, 5.74) is 3.31. The maximum absolute atomic E-state index is 13.3. The van der Waals surface area contributed by atoms with E-state index < -0.39 is 22.0 Å². The molecule has 3 aromatic carbocycles. The number of anilines is 1. The van der Waals surface area contributed by atoms with Gasteiger partial charge in [-0.05, 0) is 54.8 Å². The second kappa shape index (κ2) is 10.2. The van der Waals surface area contributed by atoms with Gasteiger partial charge >= 0.3 is 0 Å². The number of fused-ring (bicyclic) bond motifs is 1. The molecule has 7 nitrogen and oxygen atoms in total. The standard InChI is InChI=1S/C26H28N2O5S/c1-19-14-20(2)16-22(15-19)32-13-12-27-26(29)25-17-28(23-10-6-7-11-24(23)33-25)34(30,31)18-21-8-4-3-5-9-21/h3-11,14-16,25H,12-13,17-18H2,1-2H3,(H,27,29)/t25-/m1/s1. The second-order valence-corrected chi connectivity index (χ2v) is 10.2. The van der Waals surface area contributed by atoms with Crippen molar-refractivity contribution in [2.45, 2.75) is 25.7 Å². The zero-order valence-corrected chi connectivity index (χ0v) is 20.0. The molecular formula is C26H28N2O5S. The molecule has 0 aromatic heterocycles. The first-order valence-electron chi connectivity index (χ1n) is 11.1. The molecule has 1 N–H and O–H groups in total. The summed E-state index contributed by atoms with van der Waals surface area (Å²) >= 11 is 0. The molecule has 0 radical (unpaired) electrons. The van der Waals surface area contributed by atoms with E-state index in [1.165, 1.54) is 4.31 Å². The molecule has 1 heterocycles. The highest BCUT2D eigenvalue weighted by molar-refractivity contribution is 7.92. The summed E-state index contributed by atoms with van der Waals surface area (Å²) in [4.78, 5) is 12.8. The van der Waals surface area contributed by atoms with E-state index >= 15 is 0 Å². The lowest BCUT2D eigenvalue weighted by Crippen LogP contribution is -2.51. The van der Waals surface area contributed by atoms with Gasteiger partial charge in [0.1, 0.15) is 18.1 Å². The molecule has 8 heteroatoms. The fraction of sp³-hybridized carbons (Fsp3) is 0.269. The van der Waals surface area contributed by atoms with Crippen LogP contribution in [0.2, 0.25) is 0 Å². The topological polar surface area (TPSA) is 84.9 Å². The summed E-state index contributed by atoms with van der Waals surface area (Å²) < 4.78 is 39.4. The number of para-hydroxylation sites is 2. The van der Waals surface area contributed by atoms with Gasteiger partial charge in [-0.25, -0.2) is 8.42 Å². The highest BCUT2D eigenvalue weighted by Gasteiger charge is 2.36. The Hall–Kier alpha value is -3.52. The fourth-order valence-corrected chi connectivity index (χ4v) is 5.52. The number of aryl methyl sites for hydroxylation is 2. The van der Waals surface area contributed by atoms with Gasteiger partial charge in [0.25, 0.3) is 5.91 Å². The highest BCUT2D eigenvalue weighted by Crippen LogP contribution is 2.35. The lowest BCUT2D eigenvalue weighted by Gasteiger charge is -2.34. The summed E-state index contributed by atoms with van der Waals surface area (Å²) in [5.74, 6) is 0.545. The molecule has 4 rings (SSSR count). The molecule has 178 valence electrons. The van der Waals surface area contributed by atoms with Gasteiger partial charge in [0.15, 0.2) is 6.10 Å². The highest BCUT2D eigenvalue weighted by atomic mass is 32.2. The molecular weight excluding hydrogens is 452 g/mol. The summed E-state index contributed by atoms with van der Waals surface area (Å²) in [6, 6.07) is 21.8. The third kappa shape index (κ3) is 5.69. The van der Waals surface area contributed by atoms with Crippen molar-refractivity contribution >= 4 is 21.6 Å². The van der Waals surface area contributed by atoms with E-state index in [2.05, 4.69) is 11.4 Å². The molecule has 1 atom stereocenters. The first-order chi connectivity index (χ1) is 16.3. The zero-order chi connectivity index (χ0) is 24.1. The third-order valence-corrected chi connectivity index (χ3v) is 7.14. The number of amides is 1. The molecule has 0 spiro atoms. The second-order valence-electron chi connectivity index (χ2n) is 8.31. The smallest absolute Gasteiger partial charge is 0.263 e. The lowest BCUT2D eigenvalue weighted by molar-refractivity contribution is -0.127. The van der Waals surface area contributed by atoms with Gasteiger partial charge in [-0.1, -0.05) is 48.5 Å². The fourth-order valence-electron chi connectivity index (χ4n) is 3.94. The molecule has 0 fully saturated rings. The SMILES string of the molecule is Cc1cc(C)cc(OCCNC(=O)[C@H]2CN(S(=O)(=O)Cc3ccccc3)c3ccccc3O2)c1. The van der Waals surface area contributed by atoms with E-state index in [9.17, 15) is 13.2 Å². The van der Waals surface area contributed by atoms with E-state index in [1.54, 1.807) is 48.5 Å². The molecule has 0 saturated heterocycles. The minimum Gasteiger partial charge on any atom is -0.492 e. The Morgan fingerprint density at radius 3 is 2.44 bits per heavy atom. The van der Waals surface area contributed by atoms with Crippen molar-refractivity contribution in [1.29, 1.82) is 0 Å². The number of hydrogen-bond acceptors (Lipinski definition) is 5. The van der Waals surface area contributed by atoms with Gasteiger partial charge in [0.2, 0.25) is 10.0 Å². The van der Waals surface area contributed by atoms with Crippen LogP contribution >= 0.6 is 0 Å². The molecule has 3 aromatic rings. The Morgan fingerprint density at radius 1 is 1.03 bits per heavy atom. The van der Waals surface area contributed by atoms with Crippen molar-refractivity contribution in [3.63, 3.8) is 0 Å². The lowest BCUT2D eigenvalue weighted by atomic mass is 10.1. The van der Waals surface area contributed by atoms with Crippen molar-refractivity contribution in [2.75, 3.05) is 24.0 Å². The number of ether oxygens (including phenoxy) is 2. The average molecular weight is 481 g/mol. The van der Waals surface area contributed by atoms with Gasteiger partial charge in [-0.3, -0.25) is 9.10 Å². The van der Waals surface area contributed by atoms with Crippen LogP contribution in [0, 0.1) is 13.8 Å².